The molecule has 0 nitrogen and oxygen atoms in total. The second kappa shape index (κ2) is 3.79. The molecule has 0 heteroatoms. The minimum atomic E-state index is 0.671. The quantitative estimate of drug-likeness (QED) is 0.615. The Hall–Kier alpha value is 0. The molecule has 0 spiro atoms. The first-order chi connectivity index (χ1) is 6.99. The maximum Gasteiger partial charge on any atom is -0.0236 e. The van der Waals surface area contributed by atoms with Gasteiger partial charge < -0.3 is 0 Å². The van der Waals surface area contributed by atoms with Crippen molar-refractivity contribution in [1.82, 2.24) is 0 Å². The predicted molar refractivity (Wildman–Crippen MR) is 66.7 cm³/mol. The smallest absolute Gasteiger partial charge is 0.0236 e. The van der Waals surface area contributed by atoms with Crippen molar-refractivity contribution >= 4 is 0 Å². The van der Waals surface area contributed by atoms with E-state index in [4.69, 9.17) is 0 Å². The van der Waals surface area contributed by atoms with Gasteiger partial charge in [-0.3, -0.25) is 0 Å². The largest absolute Gasteiger partial charge is 0.0625 e. The summed E-state index contributed by atoms with van der Waals surface area (Å²) in [6.45, 7) is 12.4. The lowest BCUT2D eigenvalue weighted by Crippen LogP contribution is -2.58. The lowest BCUT2D eigenvalue weighted by atomic mass is 9.42. The number of hydrogen-bond acceptors (Lipinski definition) is 0. The third-order valence-corrected chi connectivity index (χ3v) is 6.01. The zero-order valence-corrected chi connectivity index (χ0v) is 11.2. The fourth-order valence-electron chi connectivity index (χ4n) is 5.15. The highest BCUT2D eigenvalue weighted by atomic mass is 14.6. The highest BCUT2D eigenvalue weighted by molar-refractivity contribution is 5.06. The van der Waals surface area contributed by atoms with Crippen LogP contribution < -0.4 is 0 Å². The summed E-state index contributed by atoms with van der Waals surface area (Å²) in [6.07, 6.45) is 6.01. The van der Waals surface area contributed by atoms with E-state index in [9.17, 15) is 0 Å². The Kier molecular flexibility index (Phi) is 2.90. The van der Waals surface area contributed by atoms with Crippen LogP contribution in [0.1, 0.15) is 60.3 Å². The first-order valence-electron chi connectivity index (χ1n) is 6.99. The van der Waals surface area contributed by atoms with Crippen molar-refractivity contribution in [3.63, 3.8) is 0 Å². The molecule has 2 rings (SSSR count). The average Bonchev–Trinajstić information content (AvgIpc) is 2.69. The monoisotopic (exact) mass is 208 g/mol. The third-order valence-electron chi connectivity index (χ3n) is 6.01. The fraction of sp³-hybridized carbons (Fsp3) is 1.00. The van der Waals surface area contributed by atoms with Gasteiger partial charge >= 0.3 is 0 Å². The summed E-state index contributed by atoms with van der Waals surface area (Å²) in [6, 6.07) is 0. The summed E-state index contributed by atoms with van der Waals surface area (Å²) in [7, 11) is 0. The van der Waals surface area contributed by atoms with Crippen LogP contribution in [-0.2, 0) is 0 Å². The maximum absolute atomic E-state index is 2.60. The predicted octanol–water partition coefficient (Wildman–Crippen LogP) is 4.74. The molecule has 2 aliphatic carbocycles. The number of rotatable bonds is 2. The zero-order chi connectivity index (χ0) is 11.2. The Balaban J connectivity index is 2.17. The van der Waals surface area contributed by atoms with Crippen LogP contribution in [0.5, 0.6) is 0 Å². The van der Waals surface area contributed by atoms with Crippen molar-refractivity contribution < 1.29 is 0 Å². The van der Waals surface area contributed by atoms with E-state index in [1.165, 1.54) is 25.7 Å². The summed E-state index contributed by atoms with van der Waals surface area (Å²) in [5.41, 5.74) is 0.671. The van der Waals surface area contributed by atoms with Crippen molar-refractivity contribution in [2.75, 3.05) is 0 Å². The highest BCUT2D eigenvalue weighted by Crippen LogP contribution is 2.64. The van der Waals surface area contributed by atoms with Gasteiger partial charge in [0, 0.05) is 0 Å². The van der Waals surface area contributed by atoms with E-state index in [0.717, 1.165) is 29.6 Å². The van der Waals surface area contributed by atoms with Gasteiger partial charge in [-0.1, -0.05) is 47.5 Å². The Morgan fingerprint density at radius 3 is 2.07 bits per heavy atom. The second-order valence-corrected chi connectivity index (χ2v) is 6.76. The van der Waals surface area contributed by atoms with Gasteiger partial charge in [-0.05, 0) is 47.8 Å². The summed E-state index contributed by atoms with van der Waals surface area (Å²) in [4.78, 5) is 0. The van der Waals surface area contributed by atoms with Gasteiger partial charge in [0.25, 0.3) is 0 Å². The van der Waals surface area contributed by atoms with Gasteiger partial charge in [0.05, 0.1) is 0 Å². The normalized spacial score (nSPS) is 47.2. The molecular formula is C15H28. The van der Waals surface area contributed by atoms with Crippen molar-refractivity contribution in [3.8, 4) is 0 Å². The van der Waals surface area contributed by atoms with Crippen LogP contribution in [0.15, 0.2) is 0 Å². The van der Waals surface area contributed by atoms with Crippen molar-refractivity contribution in [1.29, 1.82) is 0 Å². The van der Waals surface area contributed by atoms with Gasteiger partial charge in [0.15, 0.2) is 0 Å². The van der Waals surface area contributed by atoms with Gasteiger partial charge in [-0.2, -0.15) is 0 Å². The molecule has 15 heavy (non-hydrogen) atoms. The van der Waals surface area contributed by atoms with E-state index in [-0.39, 0.29) is 0 Å². The first kappa shape index (κ1) is 11.5. The SMILES string of the molecule is CC(C)C1C(C)C(C)C1(C)C1CCCC1. The van der Waals surface area contributed by atoms with E-state index in [1.54, 1.807) is 0 Å². The van der Waals surface area contributed by atoms with E-state index < -0.39 is 0 Å². The minimum absolute atomic E-state index is 0.671. The molecule has 0 aromatic carbocycles. The first-order valence-corrected chi connectivity index (χ1v) is 6.99. The van der Waals surface area contributed by atoms with Crippen LogP contribution in [0.2, 0.25) is 0 Å². The van der Waals surface area contributed by atoms with Crippen molar-refractivity contribution in [2.24, 2.45) is 35.0 Å². The molecule has 0 aliphatic heterocycles. The topological polar surface area (TPSA) is 0 Å². The Morgan fingerprint density at radius 2 is 1.60 bits per heavy atom. The molecule has 0 heterocycles. The molecule has 0 radical (unpaired) electrons. The van der Waals surface area contributed by atoms with E-state index >= 15 is 0 Å². The zero-order valence-electron chi connectivity index (χ0n) is 11.2. The molecule has 0 aromatic rings. The van der Waals surface area contributed by atoms with Crippen LogP contribution in [0, 0.1) is 35.0 Å². The van der Waals surface area contributed by atoms with E-state index in [0.29, 0.717) is 5.41 Å². The fourth-order valence-corrected chi connectivity index (χ4v) is 5.15. The minimum Gasteiger partial charge on any atom is -0.0625 e. The van der Waals surface area contributed by atoms with E-state index in [1.807, 2.05) is 0 Å². The summed E-state index contributed by atoms with van der Waals surface area (Å²) in [5.74, 6) is 4.80. The molecule has 4 atom stereocenters. The molecule has 2 aliphatic rings. The van der Waals surface area contributed by atoms with Gasteiger partial charge in [-0.15, -0.1) is 0 Å². The molecule has 0 saturated heterocycles. The van der Waals surface area contributed by atoms with Gasteiger partial charge in [0.1, 0.15) is 0 Å². The molecule has 2 fully saturated rings. The lowest BCUT2D eigenvalue weighted by molar-refractivity contribution is -0.153. The molecule has 0 aromatic heterocycles. The van der Waals surface area contributed by atoms with Crippen LogP contribution in [0.4, 0.5) is 0 Å². The lowest BCUT2D eigenvalue weighted by Gasteiger charge is -2.63. The Morgan fingerprint density at radius 1 is 1.07 bits per heavy atom. The molecule has 0 amide bonds. The van der Waals surface area contributed by atoms with Crippen LogP contribution in [0.3, 0.4) is 0 Å². The van der Waals surface area contributed by atoms with Gasteiger partial charge in [-0.25, -0.2) is 0 Å². The molecule has 0 N–H and O–H groups in total. The van der Waals surface area contributed by atoms with Gasteiger partial charge in [0.2, 0.25) is 0 Å². The van der Waals surface area contributed by atoms with Crippen molar-refractivity contribution in [3.05, 3.63) is 0 Å². The summed E-state index contributed by atoms with van der Waals surface area (Å²) in [5, 5.41) is 0. The molecular weight excluding hydrogens is 180 g/mol. The van der Waals surface area contributed by atoms with E-state index in [2.05, 4.69) is 34.6 Å². The third kappa shape index (κ3) is 1.47. The molecule has 2 saturated carbocycles. The standard InChI is InChI=1S/C15H28/c1-10(2)14-11(3)12(4)15(14,5)13-8-6-7-9-13/h10-14H,6-9H2,1-5H3. The summed E-state index contributed by atoms with van der Waals surface area (Å²) >= 11 is 0. The number of hydrogen-bond donors (Lipinski definition) is 0. The second-order valence-electron chi connectivity index (χ2n) is 6.76. The maximum atomic E-state index is 2.60. The molecule has 4 unspecified atom stereocenters. The van der Waals surface area contributed by atoms with Crippen LogP contribution in [-0.4, -0.2) is 0 Å². The summed E-state index contributed by atoms with van der Waals surface area (Å²) < 4.78 is 0. The average molecular weight is 208 g/mol. The molecule has 88 valence electrons. The Bertz CT molecular complexity index is 224. The molecule has 0 bridgehead atoms. The highest BCUT2D eigenvalue weighted by Gasteiger charge is 2.58. The van der Waals surface area contributed by atoms with Crippen LogP contribution in [0.25, 0.3) is 0 Å². The Labute approximate surface area is 95.8 Å². The van der Waals surface area contributed by atoms with Crippen molar-refractivity contribution in [2.45, 2.75) is 60.3 Å². The van der Waals surface area contributed by atoms with Crippen LogP contribution >= 0.6 is 0 Å².